The molecule has 0 atom stereocenters. The molecule has 2 amide bonds. The third-order valence-electron chi connectivity index (χ3n) is 5.16. The van der Waals surface area contributed by atoms with Crippen LogP contribution in [0.2, 0.25) is 0 Å². The largest absolute Gasteiger partial charge is 0.366 e. The second-order valence-corrected chi connectivity index (χ2v) is 6.99. The Morgan fingerprint density at radius 3 is 1.97 bits per heavy atom. The number of piperazine rings is 1. The monoisotopic (exact) mass is 386 g/mol. The first-order valence-corrected chi connectivity index (χ1v) is 9.57. The number of rotatable bonds is 4. The highest BCUT2D eigenvalue weighted by Crippen LogP contribution is 2.21. The molecule has 0 unspecified atom stereocenters. The first kappa shape index (κ1) is 18.7. The van der Waals surface area contributed by atoms with Crippen molar-refractivity contribution in [2.75, 3.05) is 31.1 Å². The summed E-state index contributed by atoms with van der Waals surface area (Å²) in [6.45, 7) is 2.63. The number of nitrogens with zero attached hydrogens (tertiary/aromatic N) is 3. The molecule has 0 bridgehead atoms. The highest BCUT2D eigenvalue weighted by molar-refractivity contribution is 5.95. The van der Waals surface area contributed by atoms with Crippen molar-refractivity contribution in [2.24, 2.45) is 5.73 Å². The van der Waals surface area contributed by atoms with E-state index in [0.29, 0.717) is 37.3 Å². The topological polar surface area (TPSA) is 79.5 Å². The van der Waals surface area contributed by atoms with Crippen LogP contribution in [0.1, 0.15) is 20.7 Å². The van der Waals surface area contributed by atoms with Gasteiger partial charge in [-0.05, 0) is 35.4 Å². The predicted octanol–water partition coefficient (Wildman–Crippen LogP) is 2.81. The second kappa shape index (κ2) is 8.14. The van der Waals surface area contributed by atoms with Gasteiger partial charge in [0.2, 0.25) is 5.91 Å². The van der Waals surface area contributed by atoms with Crippen LogP contribution in [0, 0.1) is 0 Å². The van der Waals surface area contributed by atoms with Crippen LogP contribution in [-0.2, 0) is 0 Å². The van der Waals surface area contributed by atoms with Crippen LogP contribution >= 0.6 is 0 Å². The van der Waals surface area contributed by atoms with Gasteiger partial charge in [0.1, 0.15) is 5.82 Å². The van der Waals surface area contributed by atoms with Crippen LogP contribution in [0.15, 0.2) is 72.9 Å². The molecule has 2 aromatic carbocycles. The molecule has 0 spiro atoms. The van der Waals surface area contributed by atoms with E-state index in [0.717, 1.165) is 16.9 Å². The summed E-state index contributed by atoms with van der Waals surface area (Å²) >= 11 is 0. The fraction of sp³-hybridized carbons (Fsp3) is 0.174. The number of nitrogens with two attached hydrogens (primary N) is 1. The minimum Gasteiger partial charge on any atom is -0.366 e. The zero-order valence-corrected chi connectivity index (χ0v) is 16.0. The summed E-state index contributed by atoms with van der Waals surface area (Å²) in [6.07, 6.45) is 1.49. The molecule has 1 aromatic heterocycles. The van der Waals surface area contributed by atoms with E-state index in [4.69, 9.17) is 5.73 Å². The third kappa shape index (κ3) is 4.11. The van der Waals surface area contributed by atoms with Crippen LogP contribution in [0.3, 0.4) is 0 Å². The summed E-state index contributed by atoms with van der Waals surface area (Å²) in [4.78, 5) is 32.3. The Kier molecular flexibility index (Phi) is 5.24. The predicted molar refractivity (Wildman–Crippen MR) is 113 cm³/mol. The Morgan fingerprint density at radius 2 is 1.38 bits per heavy atom. The molecule has 0 radical (unpaired) electrons. The maximum atomic E-state index is 12.9. The van der Waals surface area contributed by atoms with E-state index in [-0.39, 0.29) is 5.91 Å². The summed E-state index contributed by atoms with van der Waals surface area (Å²) in [5.74, 6) is 0.341. The lowest BCUT2D eigenvalue weighted by atomic mass is 10.0. The van der Waals surface area contributed by atoms with Crippen LogP contribution in [-0.4, -0.2) is 47.9 Å². The lowest BCUT2D eigenvalue weighted by Crippen LogP contribution is -2.49. The first-order valence-electron chi connectivity index (χ1n) is 9.57. The maximum Gasteiger partial charge on any atom is 0.253 e. The number of pyridine rings is 1. The fourth-order valence-corrected chi connectivity index (χ4v) is 3.48. The number of carbonyl (C=O) groups is 2. The van der Waals surface area contributed by atoms with Crippen molar-refractivity contribution in [3.05, 3.63) is 84.1 Å². The molecule has 2 N–H and O–H groups in total. The summed E-state index contributed by atoms with van der Waals surface area (Å²) in [7, 11) is 0. The van der Waals surface area contributed by atoms with Gasteiger partial charge in [-0.1, -0.05) is 42.5 Å². The molecule has 1 saturated heterocycles. The van der Waals surface area contributed by atoms with Crippen LogP contribution in [0.25, 0.3) is 11.1 Å². The van der Waals surface area contributed by atoms with E-state index in [1.165, 1.54) is 6.20 Å². The average Bonchev–Trinajstić information content (AvgIpc) is 2.79. The molecule has 4 rings (SSSR count). The normalized spacial score (nSPS) is 13.9. The van der Waals surface area contributed by atoms with E-state index in [9.17, 15) is 9.59 Å². The lowest BCUT2D eigenvalue weighted by Gasteiger charge is -2.35. The van der Waals surface area contributed by atoms with Crippen molar-refractivity contribution in [1.82, 2.24) is 9.88 Å². The lowest BCUT2D eigenvalue weighted by molar-refractivity contribution is 0.0746. The smallest absolute Gasteiger partial charge is 0.253 e. The van der Waals surface area contributed by atoms with E-state index in [2.05, 4.69) is 22.0 Å². The van der Waals surface area contributed by atoms with Gasteiger partial charge in [0.25, 0.3) is 5.91 Å². The molecular weight excluding hydrogens is 364 g/mol. The summed E-state index contributed by atoms with van der Waals surface area (Å²) < 4.78 is 0. The molecule has 1 aliphatic heterocycles. The Morgan fingerprint density at radius 1 is 0.759 bits per heavy atom. The van der Waals surface area contributed by atoms with Gasteiger partial charge in [-0.2, -0.15) is 0 Å². The van der Waals surface area contributed by atoms with Gasteiger partial charge in [0.05, 0.1) is 5.56 Å². The molecule has 29 heavy (non-hydrogen) atoms. The summed E-state index contributed by atoms with van der Waals surface area (Å²) in [5, 5.41) is 0. The van der Waals surface area contributed by atoms with Gasteiger partial charge < -0.3 is 15.5 Å². The summed E-state index contributed by atoms with van der Waals surface area (Å²) in [6, 6.07) is 21.3. The zero-order valence-electron chi connectivity index (χ0n) is 16.0. The van der Waals surface area contributed by atoms with Crippen molar-refractivity contribution in [3.8, 4) is 11.1 Å². The fourth-order valence-electron chi connectivity index (χ4n) is 3.48. The number of hydrogen-bond donors (Lipinski definition) is 1. The van der Waals surface area contributed by atoms with E-state index >= 15 is 0 Å². The zero-order chi connectivity index (χ0) is 20.2. The van der Waals surface area contributed by atoms with Crippen LogP contribution < -0.4 is 10.6 Å². The number of anilines is 1. The van der Waals surface area contributed by atoms with Crippen LogP contribution in [0.5, 0.6) is 0 Å². The number of benzene rings is 2. The molecule has 2 heterocycles. The molecule has 0 saturated carbocycles. The van der Waals surface area contributed by atoms with Crippen molar-refractivity contribution < 1.29 is 9.59 Å². The van der Waals surface area contributed by atoms with Crippen molar-refractivity contribution in [1.29, 1.82) is 0 Å². The molecule has 0 aliphatic carbocycles. The minimum absolute atomic E-state index is 0.0429. The number of hydrogen-bond acceptors (Lipinski definition) is 4. The van der Waals surface area contributed by atoms with E-state index in [1.807, 2.05) is 47.4 Å². The third-order valence-corrected chi connectivity index (χ3v) is 5.16. The van der Waals surface area contributed by atoms with E-state index in [1.54, 1.807) is 12.1 Å². The Hall–Kier alpha value is -3.67. The number of aromatic nitrogens is 1. The van der Waals surface area contributed by atoms with Crippen molar-refractivity contribution >= 4 is 17.6 Å². The molecule has 1 aliphatic rings. The number of amides is 2. The molecule has 3 aromatic rings. The SMILES string of the molecule is NC(=O)c1ccc(N2CCN(C(=O)c3ccc(-c4ccccc4)cc3)CC2)nc1. The highest BCUT2D eigenvalue weighted by Gasteiger charge is 2.23. The van der Waals surface area contributed by atoms with Gasteiger partial charge in [-0.3, -0.25) is 9.59 Å². The average molecular weight is 386 g/mol. The highest BCUT2D eigenvalue weighted by atomic mass is 16.2. The molecular formula is C23H22N4O2. The number of primary amides is 1. The van der Waals surface area contributed by atoms with Crippen LogP contribution in [0.4, 0.5) is 5.82 Å². The standard InChI is InChI=1S/C23H22N4O2/c24-22(28)20-10-11-21(25-16-20)26-12-14-27(15-13-26)23(29)19-8-6-18(7-9-19)17-4-2-1-3-5-17/h1-11,16H,12-15H2,(H2,24,28). The Bertz CT molecular complexity index is 993. The molecule has 146 valence electrons. The minimum atomic E-state index is -0.488. The quantitative estimate of drug-likeness (QED) is 0.748. The van der Waals surface area contributed by atoms with Gasteiger partial charge >= 0.3 is 0 Å². The molecule has 6 nitrogen and oxygen atoms in total. The number of carbonyl (C=O) groups excluding carboxylic acids is 2. The van der Waals surface area contributed by atoms with Gasteiger partial charge in [-0.15, -0.1) is 0 Å². The van der Waals surface area contributed by atoms with E-state index < -0.39 is 5.91 Å². The molecule has 1 fully saturated rings. The first-order chi connectivity index (χ1) is 14.1. The van der Waals surface area contributed by atoms with Crippen molar-refractivity contribution in [3.63, 3.8) is 0 Å². The maximum absolute atomic E-state index is 12.9. The van der Waals surface area contributed by atoms with Gasteiger partial charge in [-0.25, -0.2) is 4.98 Å². The Balaban J connectivity index is 1.38. The molecule has 6 heteroatoms. The summed E-state index contributed by atoms with van der Waals surface area (Å²) in [5.41, 5.74) is 8.57. The van der Waals surface area contributed by atoms with Gasteiger partial charge in [0, 0.05) is 37.9 Å². The van der Waals surface area contributed by atoms with Crippen molar-refractivity contribution in [2.45, 2.75) is 0 Å². The van der Waals surface area contributed by atoms with Gasteiger partial charge in [0.15, 0.2) is 0 Å². The second-order valence-electron chi connectivity index (χ2n) is 6.99. The Labute approximate surface area is 169 Å².